The largest absolute Gasteiger partial charge is 0.390 e. The number of fused-ring (bicyclic) bond motifs is 4. The minimum atomic E-state index is -2.56. The number of hydrogen-bond donors (Lipinski definition) is 2. The SMILES string of the molecule is Cc1nc2ccc(-c3c(F)cn4nc(NC56CCC(O)(CC5)C6)ncc34)nc2n1CC(F)F. The number of nitrogens with zero attached hydrogens (tertiary/aromatic N) is 6. The number of anilines is 1. The molecule has 2 N–H and O–H groups in total. The van der Waals surface area contributed by atoms with E-state index in [4.69, 9.17) is 0 Å². The molecule has 8 nitrogen and oxygen atoms in total. The van der Waals surface area contributed by atoms with Crippen LogP contribution < -0.4 is 5.32 Å². The van der Waals surface area contributed by atoms with Gasteiger partial charge in [0.2, 0.25) is 5.95 Å². The van der Waals surface area contributed by atoms with Gasteiger partial charge in [0.1, 0.15) is 11.3 Å². The molecule has 0 atom stereocenters. The van der Waals surface area contributed by atoms with E-state index in [0.717, 1.165) is 25.7 Å². The summed E-state index contributed by atoms with van der Waals surface area (Å²) in [5.41, 5.74) is 0.799. The molecular formula is C22H22F3N7O. The van der Waals surface area contributed by atoms with Gasteiger partial charge in [-0.05, 0) is 51.2 Å². The van der Waals surface area contributed by atoms with Gasteiger partial charge in [0.15, 0.2) is 11.5 Å². The normalized spacial score (nSPS) is 24.5. The Hall–Kier alpha value is -3.21. The molecule has 6 rings (SSSR count). The lowest BCUT2D eigenvalue weighted by atomic mass is 9.93. The van der Waals surface area contributed by atoms with Crippen LogP contribution in [0.5, 0.6) is 0 Å². The summed E-state index contributed by atoms with van der Waals surface area (Å²) >= 11 is 0. The Morgan fingerprint density at radius 1 is 1.18 bits per heavy atom. The molecule has 33 heavy (non-hydrogen) atoms. The molecule has 11 heteroatoms. The van der Waals surface area contributed by atoms with Gasteiger partial charge in [-0.15, -0.1) is 5.10 Å². The van der Waals surface area contributed by atoms with Crippen LogP contribution in [0.4, 0.5) is 19.1 Å². The van der Waals surface area contributed by atoms with E-state index in [9.17, 15) is 13.9 Å². The highest BCUT2D eigenvalue weighted by Crippen LogP contribution is 2.51. The van der Waals surface area contributed by atoms with Crippen LogP contribution in [0, 0.1) is 12.7 Å². The third kappa shape index (κ3) is 3.25. The zero-order valence-electron chi connectivity index (χ0n) is 17.9. The van der Waals surface area contributed by atoms with E-state index in [0.29, 0.717) is 29.2 Å². The van der Waals surface area contributed by atoms with Gasteiger partial charge < -0.3 is 15.0 Å². The number of imidazole rings is 1. The summed E-state index contributed by atoms with van der Waals surface area (Å²) in [5, 5.41) is 18.3. The summed E-state index contributed by atoms with van der Waals surface area (Å²) in [4.78, 5) is 13.1. The topological polar surface area (TPSA) is 93.2 Å². The molecule has 172 valence electrons. The lowest BCUT2D eigenvalue weighted by Crippen LogP contribution is -2.34. The first-order valence-electron chi connectivity index (χ1n) is 10.9. The van der Waals surface area contributed by atoms with Crippen LogP contribution in [-0.2, 0) is 6.54 Å². The van der Waals surface area contributed by atoms with Crippen molar-refractivity contribution in [2.24, 2.45) is 0 Å². The van der Waals surface area contributed by atoms with Gasteiger partial charge in [-0.1, -0.05) is 0 Å². The minimum absolute atomic E-state index is 0.195. The number of aliphatic hydroxyl groups is 1. The highest BCUT2D eigenvalue weighted by atomic mass is 19.3. The zero-order chi connectivity index (χ0) is 23.0. The number of nitrogens with one attached hydrogen (secondary N) is 1. The monoisotopic (exact) mass is 457 g/mol. The van der Waals surface area contributed by atoms with Gasteiger partial charge in [-0.2, -0.15) is 0 Å². The molecule has 0 aliphatic heterocycles. The van der Waals surface area contributed by atoms with Gasteiger partial charge in [-0.25, -0.2) is 32.6 Å². The van der Waals surface area contributed by atoms with Crippen molar-refractivity contribution in [3.05, 3.63) is 36.2 Å². The van der Waals surface area contributed by atoms with Crippen molar-refractivity contribution in [3.8, 4) is 11.3 Å². The predicted molar refractivity (Wildman–Crippen MR) is 115 cm³/mol. The lowest BCUT2D eigenvalue weighted by molar-refractivity contribution is 0.0521. The van der Waals surface area contributed by atoms with Crippen molar-refractivity contribution in [1.82, 2.24) is 29.1 Å². The zero-order valence-corrected chi connectivity index (χ0v) is 17.9. The van der Waals surface area contributed by atoms with Crippen molar-refractivity contribution in [1.29, 1.82) is 0 Å². The molecule has 0 spiro atoms. The van der Waals surface area contributed by atoms with Crippen LogP contribution in [0.3, 0.4) is 0 Å². The van der Waals surface area contributed by atoms with Gasteiger partial charge >= 0.3 is 0 Å². The fourth-order valence-electron chi connectivity index (χ4n) is 5.44. The number of pyridine rings is 1. The number of halogens is 3. The van der Waals surface area contributed by atoms with Crippen molar-refractivity contribution < 1.29 is 18.3 Å². The molecule has 2 bridgehead atoms. The standard InChI is InChI=1S/C22H22F3N7O/c1-12-27-15-3-2-14(28-19(15)31(12)10-17(24)25)18-13(23)9-32-16(18)8-26-20(30-32)29-21-4-6-22(33,11-21)7-5-21/h2-3,8-9,17,33H,4-7,10-11H2,1H3,(H,29,30). The highest BCUT2D eigenvalue weighted by molar-refractivity contribution is 5.83. The Labute approximate surface area is 186 Å². The third-order valence-corrected chi connectivity index (χ3v) is 7.03. The van der Waals surface area contributed by atoms with Crippen molar-refractivity contribution in [2.75, 3.05) is 5.32 Å². The minimum Gasteiger partial charge on any atom is -0.390 e. The van der Waals surface area contributed by atoms with E-state index in [-0.39, 0.29) is 22.4 Å². The number of hydrogen-bond acceptors (Lipinski definition) is 6. The molecule has 0 unspecified atom stereocenters. The molecule has 2 fully saturated rings. The fraction of sp³-hybridized carbons (Fsp3) is 0.455. The molecule has 2 saturated carbocycles. The maximum absolute atomic E-state index is 15.0. The van der Waals surface area contributed by atoms with Crippen molar-refractivity contribution in [3.63, 3.8) is 0 Å². The Balaban J connectivity index is 1.38. The van der Waals surface area contributed by atoms with Crippen LogP contribution >= 0.6 is 0 Å². The number of alkyl halides is 2. The van der Waals surface area contributed by atoms with E-state index in [2.05, 4.69) is 25.4 Å². The fourth-order valence-corrected chi connectivity index (χ4v) is 5.44. The molecule has 0 saturated heterocycles. The first-order chi connectivity index (χ1) is 15.7. The van der Waals surface area contributed by atoms with Crippen molar-refractivity contribution >= 4 is 22.6 Å². The first-order valence-corrected chi connectivity index (χ1v) is 10.9. The third-order valence-electron chi connectivity index (χ3n) is 7.03. The maximum atomic E-state index is 15.0. The molecule has 0 aromatic carbocycles. The molecule has 4 heterocycles. The molecular weight excluding hydrogens is 435 g/mol. The molecule has 0 amide bonds. The summed E-state index contributed by atoms with van der Waals surface area (Å²) < 4.78 is 43.8. The predicted octanol–water partition coefficient (Wildman–Crippen LogP) is 3.71. The van der Waals surface area contributed by atoms with Gasteiger partial charge in [0.05, 0.1) is 41.3 Å². The van der Waals surface area contributed by atoms with Gasteiger partial charge in [-0.3, -0.25) is 0 Å². The summed E-state index contributed by atoms with van der Waals surface area (Å²) in [6.07, 6.45) is 4.05. The second kappa shape index (κ2) is 6.89. The summed E-state index contributed by atoms with van der Waals surface area (Å²) in [5.74, 6) is 0.241. The molecule has 2 aliphatic rings. The average molecular weight is 457 g/mol. The first kappa shape index (κ1) is 20.4. The second-order valence-corrected chi connectivity index (χ2v) is 9.27. The molecule has 0 radical (unpaired) electrons. The Morgan fingerprint density at radius 2 is 1.97 bits per heavy atom. The lowest BCUT2D eigenvalue weighted by Gasteiger charge is -2.27. The second-order valence-electron chi connectivity index (χ2n) is 9.27. The van der Waals surface area contributed by atoms with Crippen LogP contribution in [-0.4, -0.2) is 51.8 Å². The maximum Gasteiger partial charge on any atom is 0.256 e. The highest BCUT2D eigenvalue weighted by Gasteiger charge is 2.53. The van der Waals surface area contributed by atoms with Gasteiger partial charge in [0, 0.05) is 5.54 Å². The number of aromatic nitrogens is 6. The van der Waals surface area contributed by atoms with Gasteiger partial charge in [0.25, 0.3) is 6.43 Å². The molecule has 4 aromatic heterocycles. The molecule has 2 aliphatic carbocycles. The quantitative estimate of drug-likeness (QED) is 0.475. The van der Waals surface area contributed by atoms with Crippen LogP contribution in [0.1, 0.15) is 37.9 Å². The van der Waals surface area contributed by atoms with E-state index in [1.165, 1.54) is 21.5 Å². The Morgan fingerprint density at radius 3 is 2.67 bits per heavy atom. The Bertz CT molecular complexity index is 1390. The average Bonchev–Trinajstić information content (AvgIpc) is 3.46. The van der Waals surface area contributed by atoms with Crippen molar-refractivity contribution in [2.45, 2.75) is 63.1 Å². The molecule has 4 aromatic rings. The van der Waals surface area contributed by atoms with Crippen LogP contribution in [0.2, 0.25) is 0 Å². The summed E-state index contributed by atoms with van der Waals surface area (Å²) in [6, 6.07) is 3.26. The number of rotatable bonds is 5. The van der Waals surface area contributed by atoms with E-state index in [1.807, 2.05) is 0 Å². The van der Waals surface area contributed by atoms with Crippen LogP contribution in [0.25, 0.3) is 27.9 Å². The van der Waals surface area contributed by atoms with Crippen LogP contribution in [0.15, 0.2) is 24.5 Å². The van der Waals surface area contributed by atoms with E-state index < -0.39 is 24.4 Å². The van der Waals surface area contributed by atoms with E-state index >= 15 is 4.39 Å². The number of aryl methyl sites for hydroxylation is 1. The smallest absolute Gasteiger partial charge is 0.256 e. The summed E-state index contributed by atoms with van der Waals surface area (Å²) in [7, 11) is 0. The van der Waals surface area contributed by atoms with E-state index in [1.54, 1.807) is 19.1 Å². The Kier molecular flexibility index (Phi) is 4.26. The summed E-state index contributed by atoms with van der Waals surface area (Å²) in [6.45, 7) is 1.10.